The van der Waals surface area contributed by atoms with Gasteiger partial charge >= 0.3 is 0 Å². The van der Waals surface area contributed by atoms with Crippen molar-refractivity contribution in [2.75, 3.05) is 6.61 Å². The van der Waals surface area contributed by atoms with E-state index in [2.05, 4.69) is 0 Å². The molecule has 1 aromatic carbocycles. The fourth-order valence-electron chi connectivity index (χ4n) is 1.63. The van der Waals surface area contributed by atoms with Crippen LogP contribution in [0.3, 0.4) is 0 Å². The minimum Gasteiger partial charge on any atom is -0.490 e. The van der Waals surface area contributed by atoms with Gasteiger partial charge in [0.05, 0.1) is 6.61 Å². The second-order valence-corrected chi connectivity index (χ2v) is 3.41. The number of nitrogens with two attached hydrogens (primary N) is 1. The zero-order chi connectivity index (χ0) is 9.42. The van der Waals surface area contributed by atoms with Crippen molar-refractivity contribution in [1.82, 2.24) is 0 Å². The van der Waals surface area contributed by atoms with Crippen molar-refractivity contribution in [3.63, 3.8) is 0 Å². The zero-order valence-corrected chi connectivity index (χ0v) is 7.51. The van der Waals surface area contributed by atoms with E-state index in [-0.39, 0.29) is 11.9 Å². The number of hydrogen-bond donors (Lipinski definition) is 1. The lowest BCUT2D eigenvalue weighted by Crippen LogP contribution is -2.21. The molecule has 0 fully saturated rings. The third kappa shape index (κ3) is 1.40. The summed E-state index contributed by atoms with van der Waals surface area (Å²) in [7, 11) is 0. The molecular formula is C10H12FNO. The molecule has 2 rings (SSSR count). The van der Waals surface area contributed by atoms with E-state index in [9.17, 15) is 4.39 Å². The Morgan fingerprint density at radius 2 is 2.31 bits per heavy atom. The van der Waals surface area contributed by atoms with E-state index in [1.54, 1.807) is 0 Å². The molecule has 13 heavy (non-hydrogen) atoms. The lowest BCUT2D eigenvalue weighted by molar-refractivity contribution is 0.255. The lowest BCUT2D eigenvalue weighted by atomic mass is 9.99. The van der Waals surface area contributed by atoms with Crippen LogP contribution in [-0.4, -0.2) is 6.61 Å². The van der Waals surface area contributed by atoms with Crippen molar-refractivity contribution in [1.29, 1.82) is 0 Å². The number of ether oxygens (including phenoxy) is 1. The number of fused-ring (bicyclic) bond motifs is 1. The normalized spacial score (nSPS) is 20.7. The standard InChI is InChI=1S/C10H12FNO/c1-6-4-7-9(12)2-3-13-10(7)8(11)5-6/h4-5,9H,2-3,12H2,1H3/t9-/m0/s1. The minimum absolute atomic E-state index is 0.0850. The molecule has 1 aliphatic heterocycles. The van der Waals surface area contributed by atoms with Crippen LogP contribution in [0.25, 0.3) is 0 Å². The maximum absolute atomic E-state index is 13.3. The molecule has 0 aromatic heterocycles. The molecule has 1 heterocycles. The van der Waals surface area contributed by atoms with Gasteiger partial charge in [-0.2, -0.15) is 0 Å². The van der Waals surface area contributed by atoms with Crippen LogP contribution in [0.5, 0.6) is 5.75 Å². The molecule has 0 amide bonds. The number of aryl methyl sites for hydroxylation is 1. The smallest absolute Gasteiger partial charge is 0.165 e. The molecule has 1 atom stereocenters. The lowest BCUT2D eigenvalue weighted by Gasteiger charge is -2.23. The summed E-state index contributed by atoms with van der Waals surface area (Å²) < 4.78 is 18.5. The highest BCUT2D eigenvalue weighted by atomic mass is 19.1. The van der Waals surface area contributed by atoms with E-state index < -0.39 is 0 Å². The second kappa shape index (κ2) is 3.00. The first-order chi connectivity index (χ1) is 6.18. The fourth-order valence-corrected chi connectivity index (χ4v) is 1.63. The Bertz CT molecular complexity index is 338. The van der Waals surface area contributed by atoms with Gasteiger partial charge in [-0.1, -0.05) is 6.07 Å². The first-order valence-corrected chi connectivity index (χ1v) is 4.37. The maximum atomic E-state index is 13.3. The molecule has 1 aliphatic rings. The fraction of sp³-hybridized carbons (Fsp3) is 0.400. The number of rotatable bonds is 0. The topological polar surface area (TPSA) is 35.2 Å². The average molecular weight is 181 g/mol. The molecule has 0 aliphatic carbocycles. The molecule has 0 unspecified atom stereocenters. The van der Waals surface area contributed by atoms with E-state index in [4.69, 9.17) is 10.5 Å². The summed E-state index contributed by atoms with van der Waals surface area (Å²) in [5.41, 5.74) is 7.52. The highest BCUT2D eigenvalue weighted by Gasteiger charge is 2.21. The number of halogens is 1. The van der Waals surface area contributed by atoms with Gasteiger partial charge in [-0.05, 0) is 18.6 Å². The van der Waals surface area contributed by atoms with E-state index >= 15 is 0 Å². The second-order valence-electron chi connectivity index (χ2n) is 3.41. The van der Waals surface area contributed by atoms with Crippen molar-refractivity contribution in [3.05, 3.63) is 29.1 Å². The molecule has 1 aromatic rings. The maximum Gasteiger partial charge on any atom is 0.165 e. The average Bonchev–Trinajstić information content (AvgIpc) is 2.07. The Labute approximate surface area is 76.5 Å². The Morgan fingerprint density at radius 1 is 1.54 bits per heavy atom. The quantitative estimate of drug-likeness (QED) is 0.663. The van der Waals surface area contributed by atoms with E-state index in [1.165, 1.54) is 6.07 Å². The SMILES string of the molecule is Cc1cc(F)c2c(c1)[C@@H](N)CCO2. The summed E-state index contributed by atoms with van der Waals surface area (Å²) in [6.07, 6.45) is 0.760. The summed E-state index contributed by atoms with van der Waals surface area (Å²) in [4.78, 5) is 0. The van der Waals surface area contributed by atoms with Gasteiger partial charge in [0, 0.05) is 18.0 Å². The highest BCUT2D eigenvalue weighted by molar-refractivity contribution is 5.41. The minimum atomic E-state index is -0.301. The monoisotopic (exact) mass is 181 g/mol. The van der Waals surface area contributed by atoms with Gasteiger partial charge in [0.1, 0.15) is 0 Å². The van der Waals surface area contributed by atoms with Gasteiger partial charge in [-0.3, -0.25) is 0 Å². The first-order valence-electron chi connectivity index (χ1n) is 4.37. The largest absolute Gasteiger partial charge is 0.490 e. The van der Waals surface area contributed by atoms with Gasteiger partial charge in [0.2, 0.25) is 0 Å². The van der Waals surface area contributed by atoms with Crippen molar-refractivity contribution < 1.29 is 9.13 Å². The molecule has 0 spiro atoms. The molecule has 2 nitrogen and oxygen atoms in total. The Kier molecular flexibility index (Phi) is 1.96. The van der Waals surface area contributed by atoms with E-state index in [0.29, 0.717) is 12.4 Å². The molecule has 3 heteroatoms. The van der Waals surface area contributed by atoms with Crippen molar-refractivity contribution in [3.8, 4) is 5.75 Å². The van der Waals surface area contributed by atoms with Gasteiger partial charge in [0.15, 0.2) is 11.6 Å². The van der Waals surface area contributed by atoms with Crippen LogP contribution in [-0.2, 0) is 0 Å². The number of benzene rings is 1. The van der Waals surface area contributed by atoms with Crippen LogP contribution in [0.15, 0.2) is 12.1 Å². The van der Waals surface area contributed by atoms with Crippen LogP contribution >= 0.6 is 0 Å². The molecule has 0 radical (unpaired) electrons. The highest BCUT2D eigenvalue weighted by Crippen LogP contribution is 2.33. The van der Waals surface area contributed by atoms with Crippen LogP contribution in [0.1, 0.15) is 23.6 Å². The summed E-state index contributed by atoms with van der Waals surface area (Å²) in [5.74, 6) is 0.0366. The predicted octanol–water partition coefficient (Wildman–Crippen LogP) is 1.92. The molecule has 0 bridgehead atoms. The van der Waals surface area contributed by atoms with E-state index in [1.807, 2.05) is 13.0 Å². The Hall–Kier alpha value is -1.09. The van der Waals surface area contributed by atoms with Gasteiger partial charge in [-0.25, -0.2) is 4.39 Å². The van der Waals surface area contributed by atoms with Gasteiger partial charge < -0.3 is 10.5 Å². The Morgan fingerprint density at radius 3 is 3.08 bits per heavy atom. The van der Waals surface area contributed by atoms with Crippen LogP contribution in [0.2, 0.25) is 0 Å². The third-order valence-corrected chi connectivity index (χ3v) is 2.29. The zero-order valence-electron chi connectivity index (χ0n) is 7.51. The molecular weight excluding hydrogens is 169 g/mol. The summed E-state index contributed by atoms with van der Waals surface area (Å²) in [6, 6.07) is 3.28. The van der Waals surface area contributed by atoms with E-state index in [0.717, 1.165) is 17.5 Å². The van der Waals surface area contributed by atoms with Crippen molar-refractivity contribution >= 4 is 0 Å². The van der Waals surface area contributed by atoms with Gasteiger partial charge in [-0.15, -0.1) is 0 Å². The first kappa shape index (κ1) is 8.51. The third-order valence-electron chi connectivity index (χ3n) is 2.29. The molecule has 0 saturated carbocycles. The van der Waals surface area contributed by atoms with Crippen LogP contribution < -0.4 is 10.5 Å². The van der Waals surface area contributed by atoms with Crippen molar-refractivity contribution in [2.45, 2.75) is 19.4 Å². The van der Waals surface area contributed by atoms with Crippen molar-refractivity contribution in [2.24, 2.45) is 5.73 Å². The van der Waals surface area contributed by atoms with Crippen LogP contribution in [0.4, 0.5) is 4.39 Å². The summed E-state index contributed by atoms with van der Waals surface area (Å²) >= 11 is 0. The summed E-state index contributed by atoms with van der Waals surface area (Å²) in [5, 5.41) is 0. The summed E-state index contributed by atoms with van der Waals surface area (Å²) in [6.45, 7) is 2.36. The van der Waals surface area contributed by atoms with Gasteiger partial charge in [0.25, 0.3) is 0 Å². The predicted molar refractivity (Wildman–Crippen MR) is 48.2 cm³/mol. The molecule has 70 valence electrons. The molecule has 0 saturated heterocycles. The Balaban J connectivity index is 2.56. The number of hydrogen-bond acceptors (Lipinski definition) is 2. The molecule has 2 N–H and O–H groups in total. The van der Waals surface area contributed by atoms with Crippen LogP contribution in [0, 0.1) is 12.7 Å².